The third-order valence-electron chi connectivity index (χ3n) is 6.22. The molecule has 178 valence electrons. The van der Waals surface area contributed by atoms with Gasteiger partial charge in [-0.05, 0) is 92.0 Å². The molecule has 34 heavy (non-hydrogen) atoms. The fourth-order valence-corrected chi connectivity index (χ4v) is 4.61. The molecule has 0 spiro atoms. The summed E-state index contributed by atoms with van der Waals surface area (Å²) in [7, 11) is 1.40. The van der Waals surface area contributed by atoms with Crippen molar-refractivity contribution in [3.05, 3.63) is 94.0 Å². The molecule has 1 heterocycles. The average Bonchev–Trinajstić information content (AvgIpc) is 3.31. The lowest BCUT2D eigenvalue weighted by Gasteiger charge is -2.25. The van der Waals surface area contributed by atoms with E-state index in [-0.39, 0.29) is 5.97 Å². The molecule has 1 unspecified atom stereocenters. The van der Waals surface area contributed by atoms with Crippen LogP contribution < -0.4 is 10.1 Å². The lowest BCUT2D eigenvalue weighted by molar-refractivity contribution is 0.0600. The van der Waals surface area contributed by atoms with Crippen LogP contribution >= 0.6 is 15.9 Å². The van der Waals surface area contributed by atoms with Gasteiger partial charge in [0.15, 0.2) is 0 Å². The molecule has 0 aliphatic carbocycles. The van der Waals surface area contributed by atoms with E-state index < -0.39 is 0 Å². The molecule has 1 aliphatic rings. The molecule has 0 radical (unpaired) electrons. The number of rotatable bonds is 10. The number of hydrogen-bond donors (Lipinski definition) is 1. The number of methoxy groups -OCH3 is 1. The Kier molecular flexibility index (Phi) is 8.74. The molecular formula is C28H31BrN2O3. The van der Waals surface area contributed by atoms with Gasteiger partial charge in [0.2, 0.25) is 0 Å². The van der Waals surface area contributed by atoms with Crippen molar-refractivity contribution >= 4 is 21.9 Å². The highest BCUT2D eigenvalue weighted by Crippen LogP contribution is 2.26. The minimum absolute atomic E-state index is 0.299. The van der Waals surface area contributed by atoms with Crippen LogP contribution in [0.15, 0.2) is 77.3 Å². The van der Waals surface area contributed by atoms with E-state index in [1.54, 1.807) is 0 Å². The van der Waals surface area contributed by atoms with Crippen LogP contribution in [0.2, 0.25) is 0 Å². The predicted octanol–water partition coefficient (Wildman–Crippen LogP) is 6.17. The molecular weight excluding hydrogens is 492 g/mol. The first-order valence-electron chi connectivity index (χ1n) is 11.7. The van der Waals surface area contributed by atoms with Gasteiger partial charge in [-0.25, -0.2) is 4.79 Å². The lowest BCUT2D eigenvalue weighted by atomic mass is 10.1. The summed E-state index contributed by atoms with van der Waals surface area (Å²) in [5.41, 5.74) is 3.07. The number of halogens is 1. The quantitative estimate of drug-likeness (QED) is 0.254. The van der Waals surface area contributed by atoms with Crippen LogP contribution in [-0.4, -0.2) is 37.1 Å². The number of hydrogen-bond acceptors (Lipinski definition) is 5. The van der Waals surface area contributed by atoms with Crippen LogP contribution in [0.1, 0.15) is 40.7 Å². The topological polar surface area (TPSA) is 50.8 Å². The molecule has 3 aromatic carbocycles. The van der Waals surface area contributed by atoms with Gasteiger partial charge in [-0.15, -0.1) is 0 Å². The van der Waals surface area contributed by atoms with Gasteiger partial charge in [0, 0.05) is 23.6 Å². The minimum atomic E-state index is -0.299. The summed E-state index contributed by atoms with van der Waals surface area (Å²) in [4.78, 5) is 14.1. The fraction of sp³-hybridized carbons (Fsp3) is 0.321. The fourth-order valence-electron chi connectivity index (χ4n) is 4.34. The van der Waals surface area contributed by atoms with Crippen LogP contribution in [0, 0.1) is 0 Å². The molecule has 6 heteroatoms. The van der Waals surface area contributed by atoms with Crippen LogP contribution in [0.5, 0.6) is 11.5 Å². The van der Waals surface area contributed by atoms with Crippen molar-refractivity contribution in [2.24, 2.45) is 0 Å². The summed E-state index contributed by atoms with van der Waals surface area (Å²) < 4.78 is 11.7. The van der Waals surface area contributed by atoms with E-state index in [0.29, 0.717) is 11.6 Å². The maximum absolute atomic E-state index is 11.5. The highest BCUT2D eigenvalue weighted by atomic mass is 79.9. The van der Waals surface area contributed by atoms with Gasteiger partial charge in [0.1, 0.15) is 11.5 Å². The van der Waals surface area contributed by atoms with Gasteiger partial charge in [0.05, 0.1) is 12.7 Å². The van der Waals surface area contributed by atoms with Crippen molar-refractivity contribution in [2.75, 3.05) is 20.2 Å². The molecule has 0 saturated carbocycles. The SMILES string of the molecule is COC(=O)c1ccc(CNCCC2CCCN2Cc2ccc(Oc3ccc(Br)cc3)cc2)cc1. The number of carbonyl (C=O) groups excluding carboxylic acids is 1. The maximum atomic E-state index is 11.5. The van der Waals surface area contributed by atoms with Crippen molar-refractivity contribution in [3.8, 4) is 11.5 Å². The first-order valence-corrected chi connectivity index (χ1v) is 12.5. The normalized spacial score (nSPS) is 15.9. The summed E-state index contributed by atoms with van der Waals surface area (Å²) in [6, 6.07) is 24.5. The molecule has 1 aliphatic heterocycles. The molecule has 1 N–H and O–H groups in total. The number of ether oxygens (including phenoxy) is 2. The number of benzene rings is 3. The Morgan fingerprint density at radius 2 is 1.62 bits per heavy atom. The number of nitrogens with one attached hydrogen (secondary N) is 1. The van der Waals surface area contributed by atoms with Crippen molar-refractivity contribution < 1.29 is 14.3 Å². The lowest BCUT2D eigenvalue weighted by Crippen LogP contribution is -2.31. The third-order valence-corrected chi connectivity index (χ3v) is 6.74. The van der Waals surface area contributed by atoms with Crippen LogP contribution in [0.4, 0.5) is 0 Å². The molecule has 4 rings (SSSR count). The molecule has 1 saturated heterocycles. The molecule has 5 nitrogen and oxygen atoms in total. The summed E-state index contributed by atoms with van der Waals surface area (Å²) in [6.07, 6.45) is 3.63. The number of likely N-dealkylation sites (tertiary alicyclic amines) is 1. The first kappa shape index (κ1) is 24.5. The molecule has 0 amide bonds. The van der Waals surface area contributed by atoms with Crippen LogP contribution in [-0.2, 0) is 17.8 Å². The summed E-state index contributed by atoms with van der Waals surface area (Å²) in [6.45, 7) is 3.89. The van der Waals surface area contributed by atoms with E-state index in [4.69, 9.17) is 9.47 Å². The van der Waals surface area contributed by atoms with E-state index in [9.17, 15) is 4.79 Å². The Morgan fingerprint density at radius 3 is 2.29 bits per heavy atom. The highest BCUT2D eigenvalue weighted by molar-refractivity contribution is 9.10. The summed E-state index contributed by atoms with van der Waals surface area (Å²) in [5.74, 6) is 1.39. The monoisotopic (exact) mass is 522 g/mol. The second kappa shape index (κ2) is 12.2. The molecule has 1 atom stereocenters. The van der Waals surface area contributed by atoms with E-state index >= 15 is 0 Å². The zero-order chi connectivity index (χ0) is 23.8. The standard InChI is InChI=1S/C28H31BrN2O3/c1-33-28(32)23-8-4-21(5-9-23)19-30-17-16-25-3-2-18-31(25)20-22-6-12-26(13-7-22)34-27-14-10-24(29)11-15-27/h4-15,25,30H,2-3,16-20H2,1H3. The number of nitrogens with zero attached hydrogens (tertiary/aromatic N) is 1. The Bertz CT molecular complexity index is 1050. The summed E-state index contributed by atoms with van der Waals surface area (Å²) in [5, 5.41) is 3.55. The van der Waals surface area contributed by atoms with Gasteiger partial charge < -0.3 is 14.8 Å². The maximum Gasteiger partial charge on any atom is 0.337 e. The van der Waals surface area contributed by atoms with Gasteiger partial charge in [-0.3, -0.25) is 4.90 Å². The van der Waals surface area contributed by atoms with Crippen molar-refractivity contribution in [2.45, 2.75) is 38.4 Å². The number of carbonyl (C=O) groups is 1. The van der Waals surface area contributed by atoms with Gasteiger partial charge in [0.25, 0.3) is 0 Å². The van der Waals surface area contributed by atoms with Gasteiger partial charge in [-0.2, -0.15) is 0 Å². The highest BCUT2D eigenvalue weighted by Gasteiger charge is 2.23. The molecule has 1 fully saturated rings. The van der Waals surface area contributed by atoms with Crippen molar-refractivity contribution in [3.63, 3.8) is 0 Å². The van der Waals surface area contributed by atoms with E-state index in [1.165, 1.54) is 31.1 Å². The van der Waals surface area contributed by atoms with E-state index in [0.717, 1.165) is 48.6 Å². The van der Waals surface area contributed by atoms with Gasteiger partial charge >= 0.3 is 5.97 Å². The first-order chi connectivity index (χ1) is 16.6. The Balaban J connectivity index is 1.21. The minimum Gasteiger partial charge on any atom is -0.465 e. The second-order valence-electron chi connectivity index (χ2n) is 8.62. The predicted molar refractivity (Wildman–Crippen MR) is 138 cm³/mol. The van der Waals surface area contributed by atoms with Crippen LogP contribution in [0.3, 0.4) is 0 Å². The summed E-state index contributed by atoms with van der Waals surface area (Å²) >= 11 is 3.45. The second-order valence-corrected chi connectivity index (χ2v) is 9.54. The Labute approximate surface area is 210 Å². The Morgan fingerprint density at radius 1 is 0.971 bits per heavy atom. The molecule has 0 bridgehead atoms. The smallest absolute Gasteiger partial charge is 0.337 e. The average molecular weight is 523 g/mol. The van der Waals surface area contributed by atoms with E-state index in [1.807, 2.05) is 48.5 Å². The third kappa shape index (κ3) is 6.92. The van der Waals surface area contributed by atoms with Crippen LogP contribution in [0.25, 0.3) is 0 Å². The van der Waals surface area contributed by atoms with Crippen molar-refractivity contribution in [1.29, 1.82) is 0 Å². The molecule has 3 aromatic rings. The largest absolute Gasteiger partial charge is 0.465 e. The van der Waals surface area contributed by atoms with Gasteiger partial charge in [-0.1, -0.05) is 40.2 Å². The van der Waals surface area contributed by atoms with E-state index in [2.05, 4.69) is 50.4 Å². The van der Waals surface area contributed by atoms with Crippen molar-refractivity contribution in [1.82, 2.24) is 10.2 Å². The Hall–Kier alpha value is -2.67. The zero-order valence-electron chi connectivity index (χ0n) is 19.5. The number of esters is 1. The zero-order valence-corrected chi connectivity index (χ0v) is 21.1. The molecule has 0 aromatic heterocycles.